The topological polar surface area (TPSA) is 52.7 Å². The molecular formula is C20H29N3O2. The van der Waals surface area contributed by atoms with Crippen LogP contribution < -0.4 is 10.2 Å². The second-order valence-electron chi connectivity index (χ2n) is 8.34. The second kappa shape index (κ2) is 6.70. The maximum absolute atomic E-state index is 12.7. The van der Waals surface area contributed by atoms with E-state index in [4.69, 9.17) is 0 Å². The molecule has 0 saturated carbocycles. The highest BCUT2D eigenvalue weighted by molar-refractivity contribution is 5.93. The van der Waals surface area contributed by atoms with Crippen LogP contribution in [0.15, 0.2) is 18.2 Å². The van der Waals surface area contributed by atoms with Crippen molar-refractivity contribution in [1.82, 2.24) is 4.90 Å². The minimum atomic E-state index is -0.398. The minimum Gasteiger partial charge on any atom is -0.374 e. The van der Waals surface area contributed by atoms with Crippen molar-refractivity contribution in [3.8, 4) is 0 Å². The van der Waals surface area contributed by atoms with Gasteiger partial charge in [-0.05, 0) is 43.0 Å². The number of fused-ring (bicyclic) bond motifs is 1. The maximum Gasteiger partial charge on any atom is 0.229 e. The Labute approximate surface area is 150 Å². The summed E-state index contributed by atoms with van der Waals surface area (Å²) in [6.07, 6.45) is 2.75. The number of nitrogens with one attached hydrogen (secondary N) is 1. The highest BCUT2D eigenvalue weighted by Gasteiger charge is 2.33. The van der Waals surface area contributed by atoms with E-state index < -0.39 is 5.41 Å². The molecule has 2 amide bonds. The van der Waals surface area contributed by atoms with E-state index in [2.05, 4.69) is 29.4 Å². The number of rotatable bonds is 2. The van der Waals surface area contributed by atoms with Gasteiger partial charge >= 0.3 is 0 Å². The van der Waals surface area contributed by atoms with Gasteiger partial charge in [-0.3, -0.25) is 9.59 Å². The zero-order valence-electron chi connectivity index (χ0n) is 15.8. The van der Waals surface area contributed by atoms with Gasteiger partial charge in [0.05, 0.1) is 5.92 Å². The Morgan fingerprint density at radius 1 is 1.20 bits per heavy atom. The average Bonchev–Trinajstić information content (AvgIpc) is 2.94. The molecule has 5 nitrogen and oxygen atoms in total. The van der Waals surface area contributed by atoms with Gasteiger partial charge < -0.3 is 15.1 Å². The lowest BCUT2D eigenvalue weighted by atomic mass is 9.91. The SMILES string of the molecule is CN1CCc2cc(NC(=O)[C@H]3CCCN(C(=O)C(C)(C)C)C3)ccc21. The predicted octanol–water partition coefficient (Wildman–Crippen LogP) is 2.90. The van der Waals surface area contributed by atoms with Crippen LogP contribution >= 0.6 is 0 Å². The molecule has 2 aliphatic rings. The quantitative estimate of drug-likeness (QED) is 0.898. The number of likely N-dealkylation sites (tertiary alicyclic amines) is 1. The molecule has 136 valence electrons. The van der Waals surface area contributed by atoms with Gasteiger partial charge in [-0.1, -0.05) is 20.8 Å². The number of piperidine rings is 1. The number of hydrogen-bond donors (Lipinski definition) is 1. The summed E-state index contributed by atoms with van der Waals surface area (Å²) in [4.78, 5) is 29.3. The van der Waals surface area contributed by atoms with Gasteiger partial charge in [0.1, 0.15) is 0 Å². The third-order valence-electron chi connectivity index (χ3n) is 5.20. The molecular weight excluding hydrogens is 314 g/mol. The molecule has 1 aromatic rings. The zero-order chi connectivity index (χ0) is 18.2. The van der Waals surface area contributed by atoms with Crippen LogP contribution in [0.2, 0.25) is 0 Å². The van der Waals surface area contributed by atoms with Gasteiger partial charge in [0, 0.05) is 43.5 Å². The van der Waals surface area contributed by atoms with Gasteiger partial charge in [0.15, 0.2) is 0 Å². The first-order chi connectivity index (χ1) is 11.8. The molecule has 1 saturated heterocycles. The number of likely N-dealkylation sites (N-methyl/N-ethyl adjacent to an activating group) is 1. The fraction of sp³-hybridized carbons (Fsp3) is 0.600. The highest BCUT2D eigenvalue weighted by Crippen LogP contribution is 2.30. The van der Waals surface area contributed by atoms with Crippen LogP contribution in [0.25, 0.3) is 0 Å². The van der Waals surface area contributed by atoms with Gasteiger partial charge in [-0.2, -0.15) is 0 Å². The van der Waals surface area contributed by atoms with Crippen molar-refractivity contribution in [2.45, 2.75) is 40.0 Å². The Hall–Kier alpha value is -2.04. The van der Waals surface area contributed by atoms with Crippen molar-refractivity contribution in [1.29, 1.82) is 0 Å². The van der Waals surface area contributed by atoms with Crippen LogP contribution in [0.5, 0.6) is 0 Å². The summed E-state index contributed by atoms with van der Waals surface area (Å²) in [6, 6.07) is 6.13. The lowest BCUT2D eigenvalue weighted by Crippen LogP contribution is -2.47. The summed E-state index contributed by atoms with van der Waals surface area (Å²) in [6.45, 7) is 8.10. The molecule has 0 spiro atoms. The summed E-state index contributed by atoms with van der Waals surface area (Å²) in [7, 11) is 2.09. The van der Waals surface area contributed by atoms with Crippen molar-refractivity contribution in [2.75, 3.05) is 36.9 Å². The Bertz CT molecular complexity index is 678. The second-order valence-corrected chi connectivity index (χ2v) is 8.34. The Morgan fingerprint density at radius 2 is 1.96 bits per heavy atom. The Kier molecular flexibility index (Phi) is 4.76. The number of benzene rings is 1. The number of anilines is 2. The van der Waals surface area contributed by atoms with Gasteiger partial charge in [-0.25, -0.2) is 0 Å². The van der Waals surface area contributed by atoms with Crippen molar-refractivity contribution in [3.05, 3.63) is 23.8 Å². The molecule has 1 atom stereocenters. The molecule has 1 fully saturated rings. The Balaban J connectivity index is 1.64. The van der Waals surface area contributed by atoms with E-state index in [1.165, 1.54) is 11.3 Å². The zero-order valence-corrected chi connectivity index (χ0v) is 15.8. The van der Waals surface area contributed by atoms with Crippen LogP contribution in [0.1, 0.15) is 39.2 Å². The standard InChI is InChI=1S/C20H29N3O2/c1-20(2,3)19(25)23-10-5-6-15(13-23)18(24)21-16-7-8-17-14(12-16)9-11-22(17)4/h7-8,12,15H,5-6,9-11,13H2,1-4H3,(H,21,24)/t15-/m0/s1. The number of hydrogen-bond acceptors (Lipinski definition) is 3. The fourth-order valence-electron chi connectivity index (χ4n) is 3.74. The van der Waals surface area contributed by atoms with E-state index in [9.17, 15) is 9.59 Å². The lowest BCUT2D eigenvalue weighted by molar-refractivity contribution is -0.142. The Morgan fingerprint density at radius 3 is 2.68 bits per heavy atom. The van der Waals surface area contributed by atoms with Crippen LogP contribution in [-0.2, 0) is 16.0 Å². The van der Waals surface area contributed by atoms with Gasteiger partial charge in [-0.15, -0.1) is 0 Å². The first kappa shape index (κ1) is 17.8. The molecule has 3 rings (SSSR count). The lowest BCUT2D eigenvalue weighted by Gasteiger charge is -2.35. The van der Waals surface area contributed by atoms with E-state index in [0.717, 1.165) is 38.0 Å². The monoisotopic (exact) mass is 343 g/mol. The molecule has 0 bridgehead atoms. The van der Waals surface area contributed by atoms with Gasteiger partial charge in [0.25, 0.3) is 0 Å². The fourth-order valence-corrected chi connectivity index (χ4v) is 3.74. The molecule has 0 aromatic heterocycles. The molecule has 2 aliphatic heterocycles. The minimum absolute atomic E-state index is 0.0257. The molecule has 2 heterocycles. The number of nitrogens with zero attached hydrogens (tertiary/aromatic N) is 2. The van der Waals surface area contributed by atoms with E-state index in [1.54, 1.807) is 0 Å². The van der Waals surface area contributed by atoms with Crippen molar-refractivity contribution >= 4 is 23.2 Å². The molecule has 1 aromatic carbocycles. The smallest absolute Gasteiger partial charge is 0.229 e. The number of carbonyl (C=O) groups excluding carboxylic acids is 2. The van der Waals surface area contributed by atoms with E-state index >= 15 is 0 Å². The normalized spacial score (nSPS) is 20.4. The molecule has 0 unspecified atom stereocenters. The van der Waals surface area contributed by atoms with Crippen molar-refractivity contribution in [2.24, 2.45) is 11.3 Å². The summed E-state index contributed by atoms with van der Waals surface area (Å²) >= 11 is 0. The van der Waals surface area contributed by atoms with Crippen molar-refractivity contribution in [3.63, 3.8) is 0 Å². The molecule has 5 heteroatoms. The van der Waals surface area contributed by atoms with Crippen LogP contribution in [0.4, 0.5) is 11.4 Å². The average molecular weight is 343 g/mol. The highest BCUT2D eigenvalue weighted by atomic mass is 16.2. The number of carbonyl (C=O) groups is 2. The molecule has 0 radical (unpaired) electrons. The van der Waals surface area contributed by atoms with Crippen LogP contribution in [0, 0.1) is 11.3 Å². The molecule has 1 N–H and O–H groups in total. The first-order valence-corrected chi connectivity index (χ1v) is 9.20. The van der Waals surface area contributed by atoms with Crippen LogP contribution in [0.3, 0.4) is 0 Å². The maximum atomic E-state index is 12.7. The van der Waals surface area contributed by atoms with E-state index in [-0.39, 0.29) is 17.7 Å². The molecule has 0 aliphatic carbocycles. The van der Waals surface area contributed by atoms with E-state index in [1.807, 2.05) is 31.7 Å². The molecule has 25 heavy (non-hydrogen) atoms. The summed E-state index contributed by atoms with van der Waals surface area (Å²) in [5.41, 5.74) is 2.99. The van der Waals surface area contributed by atoms with E-state index in [0.29, 0.717) is 6.54 Å². The van der Waals surface area contributed by atoms with Crippen molar-refractivity contribution < 1.29 is 9.59 Å². The largest absolute Gasteiger partial charge is 0.374 e. The number of amides is 2. The summed E-state index contributed by atoms with van der Waals surface area (Å²) < 4.78 is 0. The predicted molar refractivity (Wildman–Crippen MR) is 101 cm³/mol. The van der Waals surface area contributed by atoms with Crippen LogP contribution in [-0.4, -0.2) is 43.4 Å². The first-order valence-electron chi connectivity index (χ1n) is 9.20. The summed E-state index contributed by atoms with van der Waals surface area (Å²) in [5, 5.41) is 3.06. The third kappa shape index (κ3) is 3.80. The third-order valence-corrected chi connectivity index (χ3v) is 5.20. The summed E-state index contributed by atoms with van der Waals surface area (Å²) in [5.74, 6) is 0.0271. The van der Waals surface area contributed by atoms with Gasteiger partial charge in [0.2, 0.25) is 11.8 Å².